The Balaban J connectivity index is 1.96. The second-order valence-corrected chi connectivity index (χ2v) is 6.27. The van der Waals surface area contributed by atoms with Crippen LogP contribution in [-0.4, -0.2) is 24.9 Å². The number of halogens is 2. The van der Waals surface area contributed by atoms with Crippen LogP contribution in [0.2, 0.25) is 10.0 Å². The highest BCUT2D eigenvalue weighted by atomic mass is 35.5. The lowest BCUT2D eigenvalue weighted by Gasteiger charge is -2.10. The van der Waals surface area contributed by atoms with Crippen LogP contribution < -0.4 is 5.32 Å². The fraction of sp³-hybridized carbons (Fsp3) is 0.235. The monoisotopic (exact) mass is 336 g/mol. The number of nitrogens with one attached hydrogen (secondary N) is 1. The number of amides is 1. The van der Waals surface area contributed by atoms with Crippen LogP contribution in [0.5, 0.6) is 0 Å². The van der Waals surface area contributed by atoms with Crippen molar-refractivity contribution in [3.8, 4) is 0 Å². The molecular weight excluding hydrogens is 319 g/mol. The lowest BCUT2D eigenvalue weighted by atomic mass is 10.1. The van der Waals surface area contributed by atoms with Crippen molar-refractivity contribution in [1.29, 1.82) is 0 Å². The number of nitrogens with zero attached hydrogens (tertiary/aromatic N) is 1. The number of benzene rings is 2. The van der Waals surface area contributed by atoms with Gasteiger partial charge in [0.05, 0.1) is 0 Å². The molecule has 2 aromatic carbocycles. The van der Waals surface area contributed by atoms with Crippen LogP contribution in [0.15, 0.2) is 42.5 Å². The van der Waals surface area contributed by atoms with Gasteiger partial charge in [0.1, 0.15) is 0 Å². The number of hydrogen-bond donors (Lipinski definition) is 1. The van der Waals surface area contributed by atoms with Crippen molar-refractivity contribution in [2.75, 3.05) is 14.1 Å². The summed E-state index contributed by atoms with van der Waals surface area (Å²) in [7, 11) is 4.06. The van der Waals surface area contributed by atoms with E-state index >= 15 is 0 Å². The highest BCUT2D eigenvalue weighted by molar-refractivity contribution is 6.35. The molecular formula is C17H18Cl2N2O. The summed E-state index contributed by atoms with van der Waals surface area (Å²) in [4.78, 5) is 14.2. The second-order valence-electron chi connectivity index (χ2n) is 5.40. The summed E-state index contributed by atoms with van der Waals surface area (Å²) in [5, 5.41) is 3.76. The predicted molar refractivity (Wildman–Crippen MR) is 91.5 cm³/mol. The Hall–Kier alpha value is -1.55. The number of rotatable bonds is 5. The molecule has 0 heterocycles. The lowest BCUT2D eigenvalue weighted by molar-refractivity contribution is 0.0951. The maximum absolute atomic E-state index is 12.1. The van der Waals surface area contributed by atoms with E-state index < -0.39 is 0 Å². The molecule has 0 saturated carbocycles. The topological polar surface area (TPSA) is 32.3 Å². The molecule has 1 amide bonds. The van der Waals surface area contributed by atoms with E-state index in [0.29, 0.717) is 22.2 Å². The van der Waals surface area contributed by atoms with E-state index in [0.717, 1.165) is 12.1 Å². The first-order valence-corrected chi connectivity index (χ1v) is 7.66. The molecule has 1 N–H and O–H groups in total. The van der Waals surface area contributed by atoms with Gasteiger partial charge in [-0.3, -0.25) is 4.79 Å². The molecule has 116 valence electrons. The third kappa shape index (κ3) is 5.02. The third-order valence-electron chi connectivity index (χ3n) is 3.10. The van der Waals surface area contributed by atoms with E-state index in [2.05, 4.69) is 22.3 Å². The van der Waals surface area contributed by atoms with Crippen LogP contribution in [0.25, 0.3) is 0 Å². The Morgan fingerprint density at radius 1 is 1.00 bits per heavy atom. The van der Waals surface area contributed by atoms with Crippen molar-refractivity contribution in [3.05, 3.63) is 69.2 Å². The molecule has 0 bridgehead atoms. The SMILES string of the molecule is CN(C)Cc1ccc(CNC(=O)c2cc(Cl)cc(Cl)c2)cc1. The van der Waals surface area contributed by atoms with Crippen LogP contribution in [0.3, 0.4) is 0 Å². The molecule has 0 unspecified atom stereocenters. The average molecular weight is 337 g/mol. The van der Waals surface area contributed by atoms with Crippen molar-refractivity contribution >= 4 is 29.1 Å². The molecule has 0 fully saturated rings. The third-order valence-corrected chi connectivity index (χ3v) is 3.54. The van der Waals surface area contributed by atoms with Gasteiger partial charge in [0.25, 0.3) is 5.91 Å². The van der Waals surface area contributed by atoms with Crippen molar-refractivity contribution < 1.29 is 4.79 Å². The summed E-state index contributed by atoms with van der Waals surface area (Å²) in [6, 6.07) is 13.0. The first-order chi connectivity index (χ1) is 10.4. The van der Waals surface area contributed by atoms with Crippen molar-refractivity contribution in [2.24, 2.45) is 0 Å². The van der Waals surface area contributed by atoms with E-state index in [1.165, 1.54) is 5.56 Å². The summed E-state index contributed by atoms with van der Waals surface area (Å²) >= 11 is 11.8. The smallest absolute Gasteiger partial charge is 0.251 e. The van der Waals surface area contributed by atoms with Gasteiger partial charge in [-0.25, -0.2) is 0 Å². The highest BCUT2D eigenvalue weighted by Crippen LogP contribution is 2.19. The van der Waals surface area contributed by atoms with Gasteiger partial charge in [0, 0.05) is 28.7 Å². The van der Waals surface area contributed by atoms with Crippen LogP contribution in [-0.2, 0) is 13.1 Å². The zero-order chi connectivity index (χ0) is 16.1. The molecule has 2 aromatic rings. The molecule has 0 atom stereocenters. The molecule has 0 spiro atoms. The van der Waals surface area contributed by atoms with E-state index in [-0.39, 0.29) is 5.91 Å². The first-order valence-electron chi connectivity index (χ1n) is 6.91. The van der Waals surface area contributed by atoms with Crippen LogP contribution >= 0.6 is 23.2 Å². The Bertz CT molecular complexity index is 634. The lowest BCUT2D eigenvalue weighted by Crippen LogP contribution is -2.22. The maximum atomic E-state index is 12.1. The van der Waals surface area contributed by atoms with Gasteiger partial charge in [0.2, 0.25) is 0 Å². The molecule has 0 radical (unpaired) electrons. The zero-order valence-electron chi connectivity index (χ0n) is 12.6. The van der Waals surface area contributed by atoms with E-state index in [1.54, 1.807) is 18.2 Å². The first kappa shape index (κ1) is 16.8. The summed E-state index contributed by atoms with van der Waals surface area (Å²) in [6.45, 7) is 1.36. The normalized spacial score (nSPS) is 10.8. The second kappa shape index (κ2) is 7.63. The molecule has 22 heavy (non-hydrogen) atoms. The van der Waals surface area contributed by atoms with Gasteiger partial charge in [-0.15, -0.1) is 0 Å². The quantitative estimate of drug-likeness (QED) is 0.895. The summed E-state index contributed by atoms with van der Waals surface area (Å²) < 4.78 is 0. The minimum Gasteiger partial charge on any atom is -0.348 e. The molecule has 0 aliphatic heterocycles. The number of hydrogen-bond acceptors (Lipinski definition) is 2. The van der Waals surface area contributed by atoms with Gasteiger partial charge in [0.15, 0.2) is 0 Å². The van der Waals surface area contributed by atoms with E-state index in [4.69, 9.17) is 23.2 Å². The Morgan fingerprint density at radius 2 is 1.55 bits per heavy atom. The van der Waals surface area contributed by atoms with Crippen LogP contribution in [0.4, 0.5) is 0 Å². The van der Waals surface area contributed by atoms with Crippen molar-refractivity contribution in [1.82, 2.24) is 10.2 Å². The van der Waals surface area contributed by atoms with Crippen LogP contribution in [0.1, 0.15) is 21.5 Å². The Morgan fingerprint density at radius 3 is 2.09 bits per heavy atom. The van der Waals surface area contributed by atoms with Gasteiger partial charge in [-0.05, 0) is 43.4 Å². The molecule has 3 nitrogen and oxygen atoms in total. The maximum Gasteiger partial charge on any atom is 0.251 e. The molecule has 0 aliphatic rings. The number of carbonyl (C=O) groups excluding carboxylic acids is 1. The zero-order valence-corrected chi connectivity index (χ0v) is 14.1. The summed E-state index contributed by atoms with van der Waals surface area (Å²) in [6.07, 6.45) is 0. The van der Waals surface area contributed by atoms with Gasteiger partial charge in [-0.2, -0.15) is 0 Å². The molecule has 0 aromatic heterocycles. The van der Waals surface area contributed by atoms with E-state index in [1.807, 2.05) is 26.2 Å². The van der Waals surface area contributed by atoms with Crippen LogP contribution in [0, 0.1) is 0 Å². The summed E-state index contributed by atoms with van der Waals surface area (Å²) in [5.41, 5.74) is 2.74. The summed E-state index contributed by atoms with van der Waals surface area (Å²) in [5.74, 6) is -0.193. The molecule has 5 heteroatoms. The molecule has 0 saturated heterocycles. The Kier molecular flexibility index (Phi) is 5.83. The minimum absolute atomic E-state index is 0.193. The van der Waals surface area contributed by atoms with Crippen molar-refractivity contribution in [3.63, 3.8) is 0 Å². The highest BCUT2D eigenvalue weighted by Gasteiger charge is 2.07. The molecule has 0 aliphatic carbocycles. The fourth-order valence-electron chi connectivity index (χ4n) is 2.10. The van der Waals surface area contributed by atoms with Gasteiger partial charge >= 0.3 is 0 Å². The predicted octanol–water partition coefficient (Wildman–Crippen LogP) is 3.99. The fourth-order valence-corrected chi connectivity index (χ4v) is 2.62. The van der Waals surface area contributed by atoms with Crippen molar-refractivity contribution in [2.45, 2.75) is 13.1 Å². The van der Waals surface area contributed by atoms with Gasteiger partial charge in [-0.1, -0.05) is 47.5 Å². The largest absolute Gasteiger partial charge is 0.348 e. The number of carbonyl (C=O) groups is 1. The molecule has 2 rings (SSSR count). The standard InChI is InChI=1S/C17H18Cl2N2O/c1-21(2)11-13-5-3-12(4-6-13)10-20-17(22)14-7-15(18)9-16(19)8-14/h3-9H,10-11H2,1-2H3,(H,20,22). The van der Waals surface area contributed by atoms with Gasteiger partial charge < -0.3 is 10.2 Å². The Labute approximate surface area is 140 Å². The minimum atomic E-state index is -0.193. The van der Waals surface area contributed by atoms with E-state index in [9.17, 15) is 4.79 Å². The average Bonchev–Trinajstić information content (AvgIpc) is 2.44.